The zero-order valence-electron chi connectivity index (χ0n) is 16.1. The number of ether oxygens (including phenoxy) is 2. The number of methoxy groups -OCH3 is 1. The molecule has 1 aromatic rings. The van der Waals surface area contributed by atoms with Crippen LogP contribution in [-0.2, 0) is 4.74 Å². The van der Waals surface area contributed by atoms with Gasteiger partial charge in [0, 0.05) is 37.8 Å². The molecule has 0 aromatic heterocycles. The zero-order chi connectivity index (χ0) is 19.2. The average Bonchev–Trinajstić information content (AvgIpc) is 2.92. The number of fused-ring (bicyclic) bond motifs is 2. The Kier molecular flexibility index (Phi) is 6.55. The molecule has 7 nitrogen and oxygen atoms in total. The second kappa shape index (κ2) is 9.08. The molecule has 148 valence electrons. The van der Waals surface area contributed by atoms with Gasteiger partial charge in [0.25, 0.3) is 5.91 Å². The number of hydrogen-bond donors (Lipinski definition) is 2. The third-order valence-corrected chi connectivity index (χ3v) is 5.48. The lowest BCUT2D eigenvalue weighted by Crippen LogP contribution is -2.53. The van der Waals surface area contributed by atoms with Crippen LogP contribution in [0.4, 0.5) is 4.79 Å². The van der Waals surface area contributed by atoms with Crippen molar-refractivity contribution < 1.29 is 19.1 Å². The number of carbonyl (C=O) groups is 2. The Hall–Kier alpha value is -2.28. The molecule has 2 amide bonds. The van der Waals surface area contributed by atoms with E-state index in [-0.39, 0.29) is 12.0 Å². The van der Waals surface area contributed by atoms with Crippen molar-refractivity contribution in [2.75, 3.05) is 39.9 Å². The van der Waals surface area contributed by atoms with E-state index in [0.29, 0.717) is 48.9 Å². The highest BCUT2D eigenvalue weighted by Gasteiger charge is 2.43. The Morgan fingerprint density at radius 1 is 1.19 bits per heavy atom. The van der Waals surface area contributed by atoms with Gasteiger partial charge in [0.05, 0.1) is 13.7 Å². The maximum Gasteiger partial charge on any atom is 0.409 e. The minimum Gasteiger partial charge on any atom is -0.497 e. The second-order valence-electron chi connectivity index (χ2n) is 7.17. The summed E-state index contributed by atoms with van der Waals surface area (Å²) in [5.41, 5.74) is 0.595. The van der Waals surface area contributed by atoms with Gasteiger partial charge in [0.15, 0.2) is 0 Å². The van der Waals surface area contributed by atoms with E-state index in [1.54, 1.807) is 25.3 Å². The molecule has 2 fully saturated rings. The fourth-order valence-corrected chi connectivity index (χ4v) is 4.20. The van der Waals surface area contributed by atoms with Gasteiger partial charge in [-0.3, -0.25) is 4.79 Å². The fraction of sp³-hybridized carbons (Fsp3) is 0.600. The first-order valence-electron chi connectivity index (χ1n) is 9.69. The number of likely N-dealkylation sites (tertiary alicyclic amines) is 1. The van der Waals surface area contributed by atoms with Crippen molar-refractivity contribution in [2.24, 2.45) is 11.8 Å². The van der Waals surface area contributed by atoms with Gasteiger partial charge in [-0.1, -0.05) is 6.07 Å². The summed E-state index contributed by atoms with van der Waals surface area (Å²) in [6.07, 6.45) is 2.07. The van der Waals surface area contributed by atoms with E-state index in [4.69, 9.17) is 9.47 Å². The van der Waals surface area contributed by atoms with Crippen LogP contribution in [-0.4, -0.2) is 62.8 Å². The second-order valence-corrected chi connectivity index (χ2v) is 7.17. The van der Waals surface area contributed by atoms with Gasteiger partial charge in [-0.05, 0) is 49.8 Å². The van der Waals surface area contributed by atoms with Crippen molar-refractivity contribution in [1.82, 2.24) is 15.5 Å². The number of amides is 2. The fourth-order valence-electron chi connectivity index (χ4n) is 4.20. The molecule has 0 spiro atoms. The summed E-state index contributed by atoms with van der Waals surface area (Å²) >= 11 is 0. The van der Waals surface area contributed by atoms with Gasteiger partial charge in [0.2, 0.25) is 0 Å². The molecule has 1 aliphatic carbocycles. The smallest absolute Gasteiger partial charge is 0.409 e. The van der Waals surface area contributed by atoms with Crippen molar-refractivity contribution in [1.29, 1.82) is 0 Å². The summed E-state index contributed by atoms with van der Waals surface area (Å²) in [6.45, 7) is 5.03. The maximum absolute atomic E-state index is 12.2. The molecular weight excluding hydrogens is 346 g/mol. The minimum absolute atomic E-state index is 0.101. The highest BCUT2D eigenvalue weighted by atomic mass is 16.6. The topological polar surface area (TPSA) is 79.9 Å². The Balaban J connectivity index is 1.42. The molecule has 1 saturated heterocycles. The van der Waals surface area contributed by atoms with Crippen molar-refractivity contribution in [3.8, 4) is 5.75 Å². The summed E-state index contributed by atoms with van der Waals surface area (Å²) in [5.74, 6) is 1.49. The minimum atomic E-state index is -0.196. The first kappa shape index (κ1) is 19.5. The Morgan fingerprint density at radius 2 is 1.93 bits per heavy atom. The number of nitrogens with one attached hydrogen (secondary N) is 2. The van der Waals surface area contributed by atoms with E-state index < -0.39 is 0 Å². The molecule has 0 radical (unpaired) electrons. The number of nitrogens with zero attached hydrogens (tertiary/aromatic N) is 1. The van der Waals surface area contributed by atoms with Crippen LogP contribution >= 0.6 is 0 Å². The van der Waals surface area contributed by atoms with Crippen molar-refractivity contribution in [3.63, 3.8) is 0 Å². The first-order valence-corrected chi connectivity index (χ1v) is 9.69. The molecule has 2 bridgehead atoms. The molecule has 2 aliphatic rings. The highest BCUT2D eigenvalue weighted by molar-refractivity contribution is 5.94. The molecule has 1 unspecified atom stereocenters. The monoisotopic (exact) mass is 375 g/mol. The van der Waals surface area contributed by atoms with Crippen molar-refractivity contribution in [3.05, 3.63) is 29.8 Å². The standard InChI is InChI=1S/C20H29N3O4/c1-3-27-20(25)23-12-15-7-8-16(13-23)18(15)21-9-10-22-19(24)14-5-4-6-17(11-14)26-2/h4-6,11,15-16,18,21H,3,7-10,12-13H2,1-2H3,(H,22,24)/t15-,16+,18?. The first-order chi connectivity index (χ1) is 13.1. The van der Waals surface area contributed by atoms with Gasteiger partial charge in [0.1, 0.15) is 5.75 Å². The molecule has 7 heteroatoms. The molecular formula is C20H29N3O4. The van der Waals surface area contributed by atoms with Crippen LogP contribution in [0.5, 0.6) is 5.75 Å². The molecule has 3 atom stereocenters. The van der Waals surface area contributed by atoms with E-state index in [1.807, 2.05) is 17.9 Å². The van der Waals surface area contributed by atoms with Gasteiger partial charge >= 0.3 is 6.09 Å². The number of carbonyl (C=O) groups excluding carboxylic acids is 2. The van der Waals surface area contributed by atoms with Gasteiger partial charge in [-0.2, -0.15) is 0 Å². The summed E-state index contributed by atoms with van der Waals surface area (Å²) in [6, 6.07) is 7.53. The molecule has 1 aliphatic heterocycles. The number of piperidine rings is 1. The number of rotatable bonds is 7. The molecule has 3 rings (SSSR count). The Labute approximate surface area is 160 Å². The van der Waals surface area contributed by atoms with Crippen LogP contribution in [0.1, 0.15) is 30.1 Å². The van der Waals surface area contributed by atoms with Crippen molar-refractivity contribution >= 4 is 12.0 Å². The van der Waals surface area contributed by atoms with Crippen LogP contribution in [0.3, 0.4) is 0 Å². The third kappa shape index (κ3) is 4.71. The predicted octanol–water partition coefficient (Wildman–Crippen LogP) is 1.88. The van der Waals surface area contributed by atoms with Crippen molar-refractivity contribution in [2.45, 2.75) is 25.8 Å². The molecule has 1 aromatic carbocycles. The van der Waals surface area contributed by atoms with Crippen LogP contribution in [0.15, 0.2) is 24.3 Å². The summed E-state index contributed by atoms with van der Waals surface area (Å²) in [5, 5.41) is 6.53. The van der Waals surface area contributed by atoms with Gasteiger partial charge in [-0.15, -0.1) is 0 Å². The van der Waals surface area contributed by atoms with E-state index in [2.05, 4.69) is 10.6 Å². The quantitative estimate of drug-likeness (QED) is 0.712. The molecule has 27 heavy (non-hydrogen) atoms. The summed E-state index contributed by atoms with van der Waals surface area (Å²) in [7, 11) is 1.59. The SMILES string of the molecule is CCOC(=O)N1C[C@H]2CC[C@@H](C1)C2NCCNC(=O)c1cccc(OC)c1. The lowest BCUT2D eigenvalue weighted by Gasteiger charge is -2.37. The summed E-state index contributed by atoms with van der Waals surface area (Å²) in [4.78, 5) is 26.0. The van der Waals surface area contributed by atoms with E-state index >= 15 is 0 Å². The summed E-state index contributed by atoms with van der Waals surface area (Å²) < 4.78 is 10.3. The Bertz CT molecular complexity index is 652. The average molecular weight is 375 g/mol. The molecule has 2 N–H and O–H groups in total. The largest absolute Gasteiger partial charge is 0.497 e. The molecule has 1 saturated carbocycles. The van der Waals surface area contributed by atoms with E-state index in [0.717, 1.165) is 25.9 Å². The van der Waals surface area contributed by atoms with Gasteiger partial charge < -0.3 is 25.0 Å². The predicted molar refractivity (Wildman–Crippen MR) is 102 cm³/mol. The lowest BCUT2D eigenvalue weighted by molar-refractivity contribution is 0.0752. The van der Waals surface area contributed by atoms with Crippen LogP contribution < -0.4 is 15.4 Å². The maximum atomic E-state index is 12.2. The highest BCUT2D eigenvalue weighted by Crippen LogP contribution is 2.37. The number of hydrogen-bond acceptors (Lipinski definition) is 5. The molecule has 1 heterocycles. The lowest BCUT2D eigenvalue weighted by atomic mass is 9.92. The van der Waals surface area contributed by atoms with Gasteiger partial charge in [-0.25, -0.2) is 4.79 Å². The Morgan fingerprint density at radius 3 is 2.59 bits per heavy atom. The normalized spacial score (nSPS) is 23.8. The zero-order valence-corrected chi connectivity index (χ0v) is 16.1. The van der Waals surface area contributed by atoms with Crippen LogP contribution in [0.25, 0.3) is 0 Å². The number of benzene rings is 1. The van der Waals surface area contributed by atoms with Crippen LogP contribution in [0, 0.1) is 11.8 Å². The van der Waals surface area contributed by atoms with E-state index in [9.17, 15) is 9.59 Å². The third-order valence-electron chi connectivity index (χ3n) is 5.48. The van der Waals surface area contributed by atoms with Crippen LogP contribution in [0.2, 0.25) is 0 Å². The van der Waals surface area contributed by atoms with E-state index in [1.165, 1.54) is 0 Å².